The van der Waals surface area contributed by atoms with Crippen LogP contribution in [0, 0.1) is 11.8 Å². The number of allylic oxidation sites excluding steroid dienone is 1. The van der Waals surface area contributed by atoms with Gasteiger partial charge in [-0.05, 0) is 51.0 Å². The normalized spacial score (nSPS) is 23.4. The molecule has 1 aromatic heterocycles. The number of para-hydroxylation sites is 1. The van der Waals surface area contributed by atoms with Crippen molar-refractivity contribution >= 4 is 23.4 Å². The van der Waals surface area contributed by atoms with Gasteiger partial charge in [-0.15, -0.1) is 0 Å². The van der Waals surface area contributed by atoms with Crippen LogP contribution in [0.15, 0.2) is 64.9 Å². The summed E-state index contributed by atoms with van der Waals surface area (Å²) in [4.78, 5) is 49.8. The summed E-state index contributed by atoms with van der Waals surface area (Å²) < 4.78 is 16.3. The number of hydrogen-bond acceptors (Lipinski definition) is 8. The van der Waals surface area contributed by atoms with Crippen LogP contribution in [-0.2, 0) is 23.9 Å². The minimum Gasteiger partial charge on any atom is -0.496 e. The van der Waals surface area contributed by atoms with Gasteiger partial charge in [0.1, 0.15) is 11.7 Å². The van der Waals surface area contributed by atoms with Crippen LogP contribution in [0.1, 0.15) is 50.3 Å². The second-order valence-corrected chi connectivity index (χ2v) is 8.72. The first kappa shape index (κ1) is 25.3. The highest BCUT2D eigenvalue weighted by atomic mass is 16.5. The highest BCUT2D eigenvalue weighted by Crippen LogP contribution is 2.49. The second kappa shape index (κ2) is 10.8. The summed E-state index contributed by atoms with van der Waals surface area (Å²) in [6.07, 6.45) is 1.95. The molecule has 1 aliphatic carbocycles. The maximum atomic E-state index is 14.3. The molecule has 0 amide bonds. The van der Waals surface area contributed by atoms with Gasteiger partial charge >= 0.3 is 11.9 Å². The molecule has 4 rings (SSSR count). The van der Waals surface area contributed by atoms with Crippen LogP contribution in [0.25, 0.3) is 0 Å². The van der Waals surface area contributed by atoms with Crippen molar-refractivity contribution < 1.29 is 28.6 Å². The molecule has 4 atom stereocenters. The van der Waals surface area contributed by atoms with Crippen LogP contribution < -0.4 is 4.74 Å². The van der Waals surface area contributed by atoms with E-state index in [1.54, 1.807) is 58.3 Å². The van der Waals surface area contributed by atoms with Crippen LogP contribution >= 0.6 is 0 Å². The van der Waals surface area contributed by atoms with Crippen molar-refractivity contribution in [2.24, 2.45) is 16.8 Å². The molecule has 1 aliphatic heterocycles. The Morgan fingerprint density at radius 3 is 2.39 bits per heavy atom. The largest absolute Gasteiger partial charge is 0.496 e. The maximum absolute atomic E-state index is 14.3. The number of hydrogen-bond donors (Lipinski definition) is 0. The lowest BCUT2D eigenvalue weighted by molar-refractivity contribution is -0.153. The van der Waals surface area contributed by atoms with Gasteiger partial charge in [0.05, 0.1) is 37.7 Å². The molecule has 36 heavy (non-hydrogen) atoms. The van der Waals surface area contributed by atoms with Gasteiger partial charge < -0.3 is 14.2 Å². The first-order chi connectivity index (χ1) is 17.4. The predicted octanol–water partition coefficient (Wildman–Crippen LogP) is 4.02. The van der Waals surface area contributed by atoms with E-state index in [0.29, 0.717) is 29.3 Å². The minimum absolute atomic E-state index is 0.142. The van der Waals surface area contributed by atoms with Crippen molar-refractivity contribution in [2.45, 2.75) is 39.0 Å². The second-order valence-electron chi connectivity index (χ2n) is 8.72. The Labute approximate surface area is 210 Å². The Morgan fingerprint density at radius 1 is 1.00 bits per heavy atom. The molecule has 2 aliphatic rings. The van der Waals surface area contributed by atoms with Gasteiger partial charge in [0.15, 0.2) is 5.78 Å². The number of nitrogens with zero attached hydrogens (tertiary/aromatic N) is 2. The smallest absolute Gasteiger partial charge is 0.336 e. The van der Waals surface area contributed by atoms with Gasteiger partial charge in [0, 0.05) is 29.2 Å². The number of fused-ring (bicyclic) bond motifs is 1. The molecule has 0 saturated heterocycles. The van der Waals surface area contributed by atoms with E-state index in [-0.39, 0.29) is 24.6 Å². The van der Waals surface area contributed by atoms with Crippen molar-refractivity contribution in [3.05, 3.63) is 71.2 Å². The summed E-state index contributed by atoms with van der Waals surface area (Å²) in [5.74, 6) is -4.08. The Bertz CT molecular complexity index is 1220. The molecule has 2 aromatic rings. The Balaban J connectivity index is 1.90. The maximum Gasteiger partial charge on any atom is 0.336 e. The van der Waals surface area contributed by atoms with Gasteiger partial charge in [-0.3, -0.25) is 19.6 Å². The van der Waals surface area contributed by atoms with Crippen molar-refractivity contribution in [2.75, 3.05) is 20.3 Å². The molecule has 0 bridgehead atoms. The molecular formula is C28H30N2O6. The van der Waals surface area contributed by atoms with Crippen LogP contribution in [0.2, 0.25) is 0 Å². The summed E-state index contributed by atoms with van der Waals surface area (Å²) in [5.41, 5.74) is 2.66. The number of carbonyl (C=O) groups excluding carboxylic acids is 3. The molecule has 0 radical (unpaired) electrons. The predicted molar refractivity (Wildman–Crippen MR) is 133 cm³/mol. The standard InChI is InChI=1S/C28H30N2O6/c1-5-35-27(32)22-16(3)30-20-15-18(17-11-7-8-13-21(17)34-4)23(28(33)36-6-2)26(31)25(20)24(22)19-12-9-10-14-29-19/h7-14,18,23-25H,5-6,15H2,1-4H3/t18-,23+,24+,25?/m0/s1. The number of rotatable bonds is 7. The number of benzene rings is 1. The zero-order valence-corrected chi connectivity index (χ0v) is 20.9. The van der Waals surface area contributed by atoms with Crippen molar-refractivity contribution in [1.82, 2.24) is 4.98 Å². The lowest BCUT2D eigenvalue weighted by atomic mass is 9.62. The van der Waals surface area contributed by atoms with E-state index in [2.05, 4.69) is 4.98 Å². The fourth-order valence-electron chi connectivity index (χ4n) is 5.30. The van der Waals surface area contributed by atoms with Crippen molar-refractivity contribution in [3.8, 4) is 5.75 Å². The van der Waals surface area contributed by atoms with E-state index < -0.39 is 35.6 Å². The zero-order chi connectivity index (χ0) is 25.8. The molecule has 0 N–H and O–H groups in total. The number of methoxy groups -OCH3 is 1. The van der Waals surface area contributed by atoms with E-state index >= 15 is 0 Å². The summed E-state index contributed by atoms with van der Waals surface area (Å²) in [7, 11) is 1.55. The number of aromatic nitrogens is 1. The molecular weight excluding hydrogens is 460 g/mol. The molecule has 1 unspecified atom stereocenters. The van der Waals surface area contributed by atoms with E-state index in [0.717, 1.165) is 5.56 Å². The number of Topliss-reactive ketones (excluding diaryl/α,β-unsaturated/α-hetero) is 1. The minimum atomic E-state index is -1.08. The molecule has 0 spiro atoms. The van der Waals surface area contributed by atoms with Crippen molar-refractivity contribution in [3.63, 3.8) is 0 Å². The fourth-order valence-corrected chi connectivity index (χ4v) is 5.30. The summed E-state index contributed by atoms with van der Waals surface area (Å²) in [6, 6.07) is 12.7. The Hall–Kier alpha value is -3.81. The third kappa shape index (κ3) is 4.55. The lowest BCUT2D eigenvalue weighted by Gasteiger charge is -2.41. The van der Waals surface area contributed by atoms with E-state index in [4.69, 9.17) is 19.2 Å². The van der Waals surface area contributed by atoms with Crippen LogP contribution in [0.4, 0.5) is 0 Å². The number of carbonyl (C=O) groups is 3. The molecule has 1 saturated carbocycles. The molecule has 188 valence electrons. The van der Waals surface area contributed by atoms with E-state index in [1.165, 1.54) is 0 Å². The fraction of sp³-hybridized carbons (Fsp3) is 0.393. The number of ether oxygens (including phenoxy) is 3. The van der Waals surface area contributed by atoms with Crippen LogP contribution in [-0.4, -0.2) is 48.7 Å². The summed E-state index contributed by atoms with van der Waals surface area (Å²) in [6.45, 7) is 5.50. The van der Waals surface area contributed by atoms with Crippen LogP contribution in [0.3, 0.4) is 0 Å². The average Bonchev–Trinajstić information content (AvgIpc) is 2.88. The molecule has 2 heterocycles. The molecule has 8 nitrogen and oxygen atoms in total. The number of aliphatic imine (C=N–C) groups is 1. The van der Waals surface area contributed by atoms with Crippen molar-refractivity contribution in [1.29, 1.82) is 0 Å². The number of ketones is 1. The number of esters is 2. The quantitative estimate of drug-likeness (QED) is 0.426. The van der Waals surface area contributed by atoms with E-state index in [9.17, 15) is 14.4 Å². The average molecular weight is 491 g/mol. The van der Waals surface area contributed by atoms with Gasteiger partial charge in [0.2, 0.25) is 0 Å². The monoisotopic (exact) mass is 490 g/mol. The zero-order valence-electron chi connectivity index (χ0n) is 20.9. The SMILES string of the molecule is CCOC(=O)C1=C(C)N=C2C[C@@H](c3ccccc3OC)[C@@H](C(=O)OCC)C(=O)C2[C@@H]1c1ccccn1. The highest BCUT2D eigenvalue weighted by molar-refractivity contribution is 6.17. The van der Waals surface area contributed by atoms with E-state index in [1.807, 2.05) is 18.2 Å². The van der Waals surface area contributed by atoms with Gasteiger partial charge in [0.25, 0.3) is 0 Å². The first-order valence-corrected chi connectivity index (χ1v) is 12.1. The Kier molecular flexibility index (Phi) is 7.62. The van der Waals surface area contributed by atoms with Gasteiger partial charge in [-0.1, -0.05) is 24.3 Å². The third-order valence-corrected chi connectivity index (χ3v) is 6.73. The van der Waals surface area contributed by atoms with Gasteiger partial charge in [-0.2, -0.15) is 0 Å². The van der Waals surface area contributed by atoms with Crippen LogP contribution in [0.5, 0.6) is 5.75 Å². The third-order valence-electron chi connectivity index (χ3n) is 6.73. The Morgan fingerprint density at radius 2 is 1.72 bits per heavy atom. The topological polar surface area (TPSA) is 104 Å². The molecule has 1 aromatic carbocycles. The molecule has 8 heteroatoms. The lowest BCUT2D eigenvalue weighted by Crippen LogP contribution is -2.49. The highest BCUT2D eigenvalue weighted by Gasteiger charge is 2.53. The van der Waals surface area contributed by atoms with Gasteiger partial charge in [-0.25, -0.2) is 4.79 Å². The summed E-state index contributed by atoms with van der Waals surface area (Å²) in [5, 5.41) is 0. The first-order valence-electron chi connectivity index (χ1n) is 12.1. The molecule has 1 fully saturated rings. The summed E-state index contributed by atoms with van der Waals surface area (Å²) >= 11 is 0. The number of pyridine rings is 1.